The minimum absolute atomic E-state index is 0.264. The molecule has 1 atom stereocenters. The lowest BCUT2D eigenvalue weighted by Crippen LogP contribution is -2.32. The summed E-state index contributed by atoms with van der Waals surface area (Å²) in [5.41, 5.74) is 4.33. The van der Waals surface area contributed by atoms with Gasteiger partial charge in [0.15, 0.2) is 0 Å². The first-order chi connectivity index (χ1) is 7.83. The van der Waals surface area contributed by atoms with Crippen LogP contribution < -0.4 is 5.32 Å². The summed E-state index contributed by atoms with van der Waals surface area (Å²) in [6, 6.07) is 4.93. The van der Waals surface area contributed by atoms with Gasteiger partial charge in [0, 0.05) is 10.5 Å². The van der Waals surface area contributed by atoms with Gasteiger partial charge in [-0.25, -0.2) is 0 Å². The zero-order valence-electron chi connectivity index (χ0n) is 11.8. The van der Waals surface area contributed by atoms with E-state index in [-0.39, 0.29) is 5.41 Å². The predicted molar refractivity (Wildman–Crippen MR) is 79.5 cm³/mol. The molecule has 0 saturated carbocycles. The molecule has 0 radical (unpaired) electrons. The Bertz CT molecular complexity index is 396. The van der Waals surface area contributed by atoms with Gasteiger partial charge in [0.1, 0.15) is 0 Å². The van der Waals surface area contributed by atoms with Crippen LogP contribution in [0.1, 0.15) is 49.9 Å². The van der Waals surface area contributed by atoms with E-state index < -0.39 is 0 Å². The highest BCUT2D eigenvalue weighted by atomic mass is 79.9. The van der Waals surface area contributed by atoms with Gasteiger partial charge in [0.25, 0.3) is 0 Å². The molecule has 1 rings (SSSR count). The van der Waals surface area contributed by atoms with Crippen LogP contribution in [0.3, 0.4) is 0 Å². The molecule has 1 aromatic rings. The maximum atomic E-state index is 3.60. The van der Waals surface area contributed by atoms with E-state index in [9.17, 15) is 0 Å². The molecule has 0 heterocycles. The van der Waals surface area contributed by atoms with E-state index in [1.54, 1.807) is 0 Å². The van der Waals surface area contributed by atoms with Crippen LogP contribution in [0.2, 0.25) is 0 Å². The first-order valence-electron chi connectivity index (χ1n) is 6.27. The maximum Gasteiger partial charge on any atom is 0.0372 e. The summed E-state index contributed by atoms with van der Waals surface area (Å²) in [7, 11) is 2.05. The average molecular weight is 298 g/mol. The topological polar surface area (TPSA) is 12.0 Å². The van der Waals surface area contributed by atoms with Gasteiger partial charge in [-0.15, -0.1) is 0 Å². The lowest BCUT2D eigenvalue weighted by Gasteiger charge is -2.35. The Kier molecular flexibility index (Phi) is 4.79. The van der Waals surface area contributed by atoms with E-state index in [1.165, 1.54) is 21.2 Å². The Morgan fingerprint density at radius 2 is 1.82 bits per heavy atom. The normalized spacial score (nSPS) is 13.8. The number of nitrogens with one attached hydrogen (secondary N) is 1. The van der Waals surface area contributed by atoms with Crippen LogP contribution in [0.5, 0.6) is 0 Å². The van der Waals surface area contributed by atoms with Crippen LogP contribution in [0.4, 0.5) is 0 Å². The van der Waals surface area contributed by atoms with Crippen LogP contribution in [0.15, 0.2) is 16.6 Å². The Labute approximate surface area is 114 Å². The third-order valence-electron chi connectivity index (χ3n) is 3.84. The summed E-state index contributed by atoms with van der Waals surface area (Å²) >= 11 is 3.60. The first-order valence-corrected chi connectivity index (χ1v) is 7.06. The second-order valence-corrected chi connectivity index (χ2v) is 6.38. The molecule has 96 valence electrons. The van der Waals surface area contributed by atoms with Crippen molar-refractivity contribution in [2.45, 2.75) is 47.1 Å². The minimum atomic E-state index is 0.264. The molecule has 1 N–H and O–H groups in total. The van der Waals surface area contributed by atoms with Gasteiger partial charge in [0.2, 0.25) is 0 Å². The van der Waals surface area contributed by atoms with Gasteiger partial charge >= 0.3 is 0 Å². The van der Waals surface area contributed by atoms with Gasteiger partial charge in [-0.3, -0.25) is 0 Å². The van der Waals surface area contributed by atoms with Crippen molar-refractivity contribution >= 4 is 15.9 Å². The molecule has 17 heavy (non-hydrogen) atoms. The monoisotopic (exact) mass is 297 g/mol. The maximum absolute atomic E-state index is 3.60. The molecule has 0 aromatic heterocycles. The average Bonchev–Trinajstić information content (AvgIpc) is 2.26. The summed E-state index contributed by atoms with van der Waals surface area (Å²) in [4.78, 5) is 0. The zero-order valence-corrected chi connectivity index (χ0v) is 13.4. The Hall–Kier alpha value is -0.340. The summed E-state index contributed by atoms with van der Waals surface area (Å²) in [6.45, 7) is 11.2. The van der Waals surface area contributed by atoms with Crippen LogP contribution in [0, 0.1) is 19.3 Å². The fourth-order valence-corrected chi connectivity index (χ4v) is 2.74. The molecule has 0 saturated heterocycles. The van der Waals surface area contributed by atoms with E-state index in [4.69, 9.17) is 0 Å². The molecule has 0 bridgehead atoms. The third kappa shape index (κ3) is 3.11. The fourth-order valence-electron chi connectivity index (χ4n) is 2.29. The molecular formula is C15H24BrN. The van der Waals surface area contributed by atoms with Crippen molar-refractivity contribution in [1.29, 1.82) is 0 Å². The SMILES string of the molecule is CCC(C)(C)C(NC)c1cc(C)c(Br)cc1C. The summed E-state index contributed by atoms with van der Waals surface area (Å²) < 4.78 is 1.20. The Morgan fingerprint density at radius 1 is 1.24 bits per heavy atom. The number of benzene rings is 1. The highest BCUT2D eigenvalue weighted by molar-refractivity contribution is 9.10. The molecule has 0 spiro atoms. The number of hydrogen-bond donors (Lipinski definition) is 1. The zero-order chi connectivity index (χ0) is 13.2. The number of aryl methyl sites for hydroxylation is 2. The van der Waals surface area contributed by atoms with Gasteiger partial charge in [0.05, 0.1) is 0 Å². The molecule has 0 aliphatic rings. The number of rotatable bonds is 4. The van der Waals surface area contributed by atoms with Gasteiger partial charge in [-0.05, 0) is 55.5 Å². The molecule has 0 aliphatic carbocycles. The molecular weight excluding hydrogens is 274 g/mol. The second kappa shape index (κ2) is 5.53. The lowest BCUT2D eigenvalue weighted by molar-refractivity contribution is 0.244. The van der Waals surface area contributed by atoms with Crippen molar-refractivity contribution in [3.8, 4) is 0 Å². The third-order valence-corrected chi connectivity index (χ3v) is 4.69. The quantitative estimate of drug-likeness (QED) is 0.845. The summed E-state index contributed by atoms with van der Waals surface area (Å²) in [5.74, 6) is 0. The predicted octanol–water partition coefficient (Wildman–Crippen LogP) is 4.76. The van der Waals surface area contributed by atoms with Gasteiger partial charge in [-0.1, -0.05) is 42.8 Å². The smallest absolute Gasteiger partial charge is 0.0372 e. The highest BCUT2D eigenvalue weighted by Gasteiger charge is 2.29. The molecule has 0 aliphatic heterocycles. The van der Waals surface area contributed by atoms with E-state index >= 15 is 0 Å². The van der Waals surface area contributed by atoms with E-state index in [0.717, 1.165) is 6.42 Å². The Morgan fingerprint density at radius 3 is 2.29 bits per heavy atom. The largest absolute Gasteiger partial charge is 0.313 e. The lowest BCUT2D eigenvalue weighted by atomic mass is 9.77. The molecule has 1 aromatic carbocycles. The molecule has 0 amide bonds. The second-order valence-electron chi connectivity index (χ2n) is 5.52. The van der Waals surface area contributed by atoms with E-state index in [1.807, 2.05) is 0 Å². The number of halogens is 1. The summed E-state index contributed by atoms with van der Waals surface area (Å²) in [6.07, 6.45) is 1.16. The molecule has 2 heteroatoms. The van der Waals surface area contributed by atoms with Crippen LogP contribution in [0.25, 0.3) is 0 Å². The van der Waals surface area contributed by atoms with Crippen LogP contribution in [-0.2, 0) is 0 Å². The van der Waals surface area contributed by atoms with Crippen molar-refractivity contribution in [3.05, 3.63) is 33.3 Å². The van der Waals surface area contributed by atoms with E-state index in [2.05, 4.69) is 75.0 Å². The number of hydrogen-bond acceptors (Lipinski definition) is 1. The molecule has 0 fully saturated rings. The first kappa shape index (κ1) is 14.7. The summed E-state index contributed by atoms with van der Waals surface area (Å²) in [5, 5.41) is 3.48. The molecule has 1 unspecified atom stereocenters. The van der Waals surface area contributed by atoms with E-state index in [0.29, 0.717) is 6.04 Å². The van der Waals surface area contributed by atoms with Crippen molar-refractivity contribution in [3.63, 3.8) is 0 Å². The standard InChI is InChI=1S/C15H24BrN/c1-7-15(4,5)14(17-6)12-8-11(3)13(16)9-10(12)2/h8-9,14,17H,7H2,1-6H3. The van der Waals surface area contributed by atoms with Gasteiger partial charge < -0.3 is 5.32 Å². The van der Waals surface area contributed by atoms with Crippen molar-refractivity contribution in [2.75, 3.05) is 7.05 Å². The van der Waals surface area contributed by atoms with Crippen molar-refractivity contribution < 1.29 is 0 Å². The van der Waals surface area contributed by atoms with Crippen LogP contribution >= 0.6 is 15.9 Å². The minimum Gasteiger partial charge on any atom is -0.313 e. The highest BCUT2D eigenvalue weighted by Crippen LogP contribution is 2.38. The van der Waals surface area contributed by atoms with Gasteiger partial charge in [-0.2, -0.15) is 0 Å². The fraction of sp³-hybridized carbons (Fsp3) is 0.600. The molecule has 1 nitrogen and oxygen atoms in total. The van der Waals surface area contributed by atoms with Crippen LogP contribution in [-0.4, -0.2) is 7.05 Å². The Balaban J connectivity index is 3.26. The van der Waals surface area contributed by atoms with Crippen molar-refractivity contribution in [1.82, 2.24) is 5.32 Å². The van der Waals surface area contributed by atoms with Crippen molar-refractivity contribution in [2.24, 2.45) is 5.41 Å².